The fraction of sp³-hybridized carbons (Fsp3) is 0.619. The third kappa shape index (κ3) is 7.12. The minimum Gasteiger partial charge on any atom is -0.306 e. The molecule has 1 aliphatic rings. The first-order valence-corrected chi connectivity index (χ1v) is 11.4. The highest BCUT2D eigenvalue weighted by molar-refractivity contribution is 7.89. The Morgan fingerprint density at radius 3 is 2.14 bits per heavy atom. The second-order valence-corrected chi connectivity index (χ2v) is 10.2. The molecule has 0 spiro atoms. The zero-order valence-corrected chi connectivity index (χ0v) is 18.1. The molecule has 8 heteroatoms. The SMILES string of the molecule is CN(C)C/C=C/C1CCC(CCN(C)S(=O)(=O)c2ccc(C(F)(F)F)cc2)CC1. The largest absolute Gasteiger partial charge is 0.416 e. The first-order valence-electron chi connectivity index (χ1n) is 9.95. The van der Waals surface area contributed by atoms with Crippen LogP contribution in [0.4, 0.5) is 13.2 Å². The van der Waals surface area contributed by atoms with Crippen LogP contribution in [0.5, 0.6) is 0 Å². The third-order valence-corrected chi connectivity index (χ3v) is 7.38. The van der Waals surface area contributed by atoms with E-state index in [1.165, 1.54) is 11.4 Å². The van der Waals surface area contributed by atoms with Gasteiger partial charge in [-0.25, -0.2) is 12.7 Å². The highest BCUT2D eigenvalue weighted by Gasteiger charge is 2.31. The van der Waals surface area contributed by atoms with Crippen molar-refractivity contribution in [1.82, 2.24) is 9.21 Å². The Bertz CT molecular complexity index is 766. The van der Waals surface area contributed by atoms with E-state index in [0.29, 0.717) is 18.4 Å². The van der Waals surface area contributed by atoms with E-state index in [1.807, 2.05) is 14.1 Å². The van der Waals surface area contributed by atoms with Crippen LogP contribution in [-0.4, -0.2) is 51.9 Å². The molecule has 1 aromatic rings. The second kappa shape index (κ2) is 10.1. The number of hydrogen-bond acceptors (Lipinski definition) is 3. The maximum absolute atomic E-state index is 12.7. The van der Waals surface area contributed by atoms with Crippen molar-refractivity contribution in [2.24, 2.45) is 11.8 Å². The highest BCUT2D eigenvalue weighted by atomic mass is 32.2. The molecule has 0 unspecified atom stereocenters. The summed E-state index contributed by atoms with van der Waals surface area (Å²) in [7, 11) is 1.78. The Morgan fingerprint density at radius 1 is 1.03 bits per heavy atom. The number of alkyl halides is 3. The molecular weight excluding hydrogens is 401 g/mol. The van der Waals surface area contributed by atoms with E-state index in [9.17, 15) is 21.6 Å². The lowest BCUT2D eigenvalue weighted by molar-refractivity contribution is -0.137. The third-order valence-electron chi connectivity index (χ3n) is 5.51. The molecule has 0 bridgehead atoms. The first-order chi connectivity index (χ1) is 13.5. The summed E-state index contributed by atoms with van der Waals surface area (Å²) >= 11 is 0. The van der Waals surface area contributed by atoms with Gasteiger partial charge in [0.15, 0.2) is 0 Å². The van der Waals surface area contributed by atoms with Crippen LogP contribution in [0.1, 0.15) is 37.7 Å². The lowest BCUT2D eigenvalue weighted by Crippen LogP contribution is -2.29. The van der Waals surface area contributed by atoms with Crippen molar-refractivity contribution in [3.63, 3.8) is 0 Å². The molecule has 0 aliphatic heterocycles. The molecule has 1 aliphatic carbocycles. The quantitative estimate of drug-likeness (QED) is 0.562. The van der Waals surface area contributed by atoms with E-state index in [2.05, 4.69) is 17.1 Å². The van der Waals surface area contributed by atoms with Gasteiger partial charge >= 0.3 is 6.18 Å². The lowest BCUT2D eigenvalue weighted by atomic mass is 9.80. The van der Waals surface area contributed by atoms with Gasteiger partial charge in [-0.05, 0) is 82.3 Å². The molecule has 0 atom stereocenters. The molecule has 164 valence electrons. The minimum atomic E-state index is -4.48. The molecule has 2 rings (SSSR count). The van der Waals surface area contributed by atoms with Gasteiger partial charge in [-0.15, -0.1) is 0 Å². The zero-order valence-electron chi connectivity index (χ0n) is 17.3. The average Bonchev–Trinajstić information content (AvgIpc) is 2.66. The van der Waals surface area contributed by atoms with Gasteiger partial charge in [-0.2, -0.15) is 13.2 Å². The van der Waals surface area contributed by atoms with E-state index in [4.69, 9.17) is 0 Å². The molecule has 4 nitrogen and oxygen atoms in total. The Hall–Kier alpha value is -1.38. The van der Waals surface area contributed by atoms with Crippen LogP contribution in [-0.2, 0) is 16.2 Å². The van der Waals surface area contributed by atoms with E-state index in [-0.39, 0.29) is 4.90 Å². The molecular formula is C21H31F3N2O2S. The van der Waals surface area contributed by atoms with Crippen molar-refractivity contribution in [2.75, 3.05) is 34.2 Å². The first kappa shape index (κ1) is 23.9. The molecule has 0 N–H and O–H groups in total. The molecule has 1 aromatic carbocycles. The van der Waals surface area contributed by atoms with Gasteiger partial charge < -0.3 is 4.90 Å². The van der Waals surface area contributed by atoms with Gasteiger partial charge in [0.05, 0.1) is 10.5 Å². The molecule has 0 radical (unpaired) electrons. The van der Waals surface area contributed by atoms with Crippen molar-refractivity contribution in [1.29, 1.82) is 0 Å². The van der Waals surface area contributed by atoms with Crippen molar-refractivity contribution in [3.05, 3.63) is 42.0 Å². The van der Waals surface area contributed by atoms with Gasteiger partial charge in [0, 0.05) is 20.1 Å². The topological polar surface area (TPSA) is 40.6 Å². The molecule has 0 heterocycles. The van der Waals surface area contributed by atoms with Crippen LogP contribution in [0.15, 0.2) is 41.3 Å². The van der Waals surface area contributed by atoms with Crippen LogP contribution >= 0.6 is 0 Å². The summed E-state index contributed by atoms with van der Waals surface area (Å²) in [6, 6.07) is 3.68. The van der Waals surface area contributed by atoms with E-state index in [1.54, 1.807) is 0 Å². The average molecular weight is 433 g/mol. The Balaban J connectivity index is 1.84. The predicted molar refractivity (Wildman–Crippen MR) is 109 cm³/mol. The monoisotopic (exact) mass is 432 g/mol. The van der Waals surface area contributed by atoms with Crippen LogP contribution < -0.4 is 0 Å². The van der Waals surface area contributed by atoms with Crippen LogP contribution in [0.2, 0.25) is 0 Å². The fourth-order valence-corrected chi connectivity index (χ4v) is 4.80. The van der Waals surface area contributed by atoms with Crippen molar-refractivity contribution >= 4 is 10.0 Å². The number of allylic oxidation sites excluding steroid dienone is 1. The maximum Gasteiger partial charge on any atom is 0.416 e. The summed E-state index contributed by atoms with van der Waals surface area (Å²) in [4.78, 5) is 2.01. The van der Waals surface area contributed by atoms with E-state index >= 15 is 0 Å². The fourth-order valence-electron chi connectivity index (χ4n) is 3.61. The minimum absolute atomic E-state index is 0.109. The van der Waals surface area contributed by atoms with Crippen molar-refractivity contribution in [2.45, 2.75) is 43.2 Å². The summed E-state index contributed by atoms with van der Waals surface area (Å²) in [6.45, 7) is 1.31. The van der Waals surface area contributed by atoms with Crippen LogP contribution in [0.25, 0.3) is 0 Å². The molecule has 0 aromatic heterocycles. The van der Waals surface area contributed by atoms with Crippen molar-refractivity contribution < 1.29 is 21.6 Å². The maximum atomic E-state index is 12.7. The van der Waals surface area contributed by atoms with E-state index in [0.717, 1.165) is 62.9 Å². The number of likely N-dealkylation sites (N-methyl/N-ethyl adjacent to an activating group) is 1. The molecule has 0 amide bonds. The number of nitrogens with zero attached hydrogens (tertiary/aromatic N) is 2. The smallest absolute Gasteiger partial charge is 0.306 e. The number of rotatable bonds is 8. The lowest BCUT2D eigenvalue weighted by Gasteiger charge is -2.28. The van der Waals surface area contributed by atoms with Gasteiger partial charge in [0.1, 0.15) is 0 Å². The molecule has 29 heavy (non-hydrogen) atoms. The second-order valence-electron chi connectivity index (χ2n) is 8.11. The summed E-state index contributed by atoms with van der Waals surface area (Å²) in [5, 5.41) is 0. The number of hydrogen-bond donors (Lipinski definition) is 0. The van der Waals surface area contributed by atoms with Gasteiger partial charge in [-0.3, -0.25) is 0 Å². The molecule has 0 saturated heterocycles. The summed E-state index contributed by atoms with van der Waals surface area (Å²) in [5.74, 6) is 1.08. The van der Waals surface area contributed by atoms with Crippen LogP contribution in [0, 0.1) is 11.8 Å². The normalized spacial score (nSPS) is 21.4. The number of halogens is 3. The van der Waals surface area contributed by atoms with Gasteiger partial charge in [0.25, 0.3) is 0 Å². The predicted octanol–water partition coefficient (Wildman–Crippen LogP) is 4.64. The summed E-state index contributed by atoms with van der Waals surface area (Å²) in [5.41, 5.74) is -0.851. The highest BCUT2D eigenvalue weighted by Crippen LogP contribution is 2.32. The van der Waals surface area contributed by atoms with Gasteiger partial charge in [0.2, 0.25) is 10.0 Å². The van der Waals surface area contributed by atoms with Crippen molar-refractivity contribution in [3.8, 4) is 0 Å². The Morgan fingerprint density at radius 2 is 1.62 bits per heavy atom. The van der Waals surface area contributed by atoms with Gasteiger partial charge in [-0.1, -0.05) is 12.2 Å². The zero-order chi connectivity index (χ0) is 21.7. The molecule has 1 fully saturated rings. The standard InChI is InChI=1S/C21H31F3N2O2S/c1-25(2)15-4-5-17-6-8-18(9-7-17)14-16-26(3)29(27,28)20-12-10-19(11-13-20)21(22,23)24/h4-5,10-13,17-18H,6-9,14-16H2,1-3H3/b5-4+. The Labute approximate surface area is 172 Å². The molecule has 1 saturated carbocycles. The summed E-state index contributed by atoms with van der Waals surface area (Å²) < 4.78 is 64.5. The number of benzene rings is 1. The Kier molecular flexibility index (Phi) is 8.31. The summed E-state index contributed by atoms with van der Waals surface area (Å²) in [6.07, 6.45) is 5.16. The van der Waals surface area contributed by atoms with Crippen LogP contribution in [0.3, 0.4) is 0 Å². The van der Waals surface area contributed by atoms with E-state index < -0.39 is 21.8 Å². The number of sulfonamides is 1.